The summed E-state index contributed by atoms with van der Waals surface area (Å²) in [6.45, 7) is 1.96. The number of aryl methyl sites for hydroxylation is 2. The molecule has 1 N–H and O–H groups in total. The highest BCUT2D eigenvalue weighted by molar-refractivity contribution is 7.92. The highest BCUT2D eigenvalue weighted by Crippen LogP contribution is 2.39. The number of hydrogen-bond donors (Lipinski definition) is 1. The number of sulfonamides is 1. The molecule has 0 aromatic heterocycles. The zero-order chi connectivity index (χ0) is 18.2. The fourth-order valence-electron chi connectivity index (χ4n) is 3.10. The second-order valence-electron chi connectivity index (χ2n) is 5.93. The van der Waals surface area contributed by atoms with Gasteiger partial charge in [-0.2, -0.15) is 0 Å². The molecular weight excluding hydrogens is 342 g/mol. The third kappa shape index (κ3) is 2.95. The van der Waals surface area contributed by atoms with Gasteiger partial charge in [-0.1, -0.05) is 18.2 Å². The van der Waals surface area contributed by atoms with Crippen LogP contribution >= 0.6 is 0 Å². The molecule has 0 bridgehead atoms. The van der Waals surface area contributed by atoms with Gasteiger partial charge in [0, 0.05) is 6.54 Å². The van der Waals surface area contributed by atoms with Crippen LogP contribution in [0.4, 0.5) is 5.69 Å². The molecule has 0 saturated carbocycles. The topological polar surface area (TPSA) is 83.9 Å². The number of hydrogen-bond acceptors (Lipinski definition) is 4. The van der Waals surface area contributed by atoms with Crippen LogP contribution in [0.1, 0.15) is 27.9 Å². The normalized spacial score (nSPS) is 14.1. The number of aromatic carboxylic acids is 1. The van der Waals surface area contributed by atoms with Crippen LogP contribution in [0.5, 0.6) is 5.75 Å². The summed E-state index contributed by atoms with van der Waals surface area (Å²) in [4.78, 5) is 11.3. The Morgan fingerprint density at radius 1 is 1.24 bits per heavy atom. The van der Waals surface area contributed by atoms with Crippen molar-refractivity contribution in [2.45, 2.75) is 24.7 Å². The molecule has 0 radical (unpaired) electrons. The van der Waals surface area contributed by atoms with E-state index in [-0.39, 0.29) is 10.5 Å². The Balaban J connectivity index is 2.15. The first-order valence-electron chi connectivity index (χ1n) is 7.89. The summed E-state index contributed by atoms with van der Waals surface area (Å²) in [5, 5.41) is 9.28. The van der Waals surface area contributed by atoms with E-state index in [0.717, 1.165) is 12.0 Å². The second-order valence-corrected chi connectivity index (χ2v) is 7.79. The van der Waals surface area contributed by atoms with E-state index in [1.807, 2.05) is 12.1 Å². The Hall–Kier alpha value is -2.54. The average Bonchev–Trinajstić information content (AvgIpc) is 2.60. The van der Waals surface area contributed by atoms with Crippen molar-refractivity contribution in [3.63, 3.8) is 0 Å². The third-order valence-corrected chi connectivity index (χ3v) is 6.18. The lowest BCUT2D eigenvalue weighted by molar-refractivity contribution is 0.0696. The molecule has 1 heterocycles. The van der Waals surface area contributed by atoms with Crippen LogP contribution in [0, 0.1) is 6.92 Å². The molecule has 132 valence electrons. The summed E-state index contributed by atoms with van der Waals surface area (Å²) in [5.74, 6) is -0.655. The van der Waals surface area contributed by atoms with Gasteiger partial charge in [-0.25, -0.2) is 13.2 Å². The van der Waals surface area contributed by atoms with E-state index in [1.165, 1.54) is 29.6 Å². The van der Waals surface area contributed by atoms with E-state index in [0.29, 0.717) is 30.0 Å². The number of carboxylic acids is 1. The maximum atomic E-state index is 13.2. The zero-order valence-electron chi connectivity index (χ0n) is 14.0. The summed E-state index contributed by atoms with van der Waals surface area (Å²) < 4.78 is 33.0. The Morgan fingerprint density at radius 3 is 2.68 bits per heavy atom. The first-order valence-corrected chi connectivity index (χ1v) is 9.33. The van der Waals surface area contributed by atoms with Crippen LogP contribution in [-0.4, -0.2) is 33.1 Å². The summed E-state index contributed by atoms with van der Waals surface area (Å²) >= 11 is 0. The Labute approximate surface area is 146 Å². The van der Waals surface area contributed by atoms with Crippen LogP contribution in [0.2, 0.25) is 0 Å². The van der Waals surface area contributed by atoms with Crippen molar-refractivity contribution in [1.29, 1.82) is 0 Å². The van der Waals surface area contributed by atoms with Crippen LogP contribution in [0.15, 0.2) is 41.3 Å². The Kier molecular flexibility index (Phi) is 4.43. The molecule has 0 spiro atoms. The lowest BCUT2D eigenvalue weighted by Gasteiger charge is -2.31. The fourth-order valence-corrected chi connectivity index (χ4v) is 4.68. The van der Waals surface area contributed by atoms with Crippen LogP contribution in [-0.2, 0) is 16.4 Å². The van der Waals surface area contributed by atoms with Crippen molar-refractivity contribution in [2.24, 2.45) is 0 Å². The summed E-state index contributed by atoms with van der Waals surface area (Å²) in [6.07, 6.45) is 1.46. The fraction of sp³-hybridized carbons (Fsp3) is 0.278. The molecule has 1 aliphatic heterocycles. The number of benzene rings is 2. The smallest absolute Gasteiger partial charge is 0.335 e. The number of methoxy groups -OCH3 is 1. The van der Waals surface area contributed by atoms with E-state index in [9.17, 15) is 18.3 Å². The standard InChI is InChI=1S/C18H19NO5S/c1-12-8-9-14(11-15(12)18(20)21)25(22,23)19-10-4-6-13-5-3-7-16(24-2)17(13)19/h3,5,7-9,11H,4,6,10H2,1-2H3,(H,20,21). The monoisotopic (exact) mass is 361 g/mol. The largest absolute Gasteiger partial charge is 0.495 e. The molecule has 7 heteroatoms. The Morgan fingerprint density at radius 2 is 2.00 bits per heavy atom. The molecule has 2 aromatic rings. The lowest BCUT2D eigenvalue weighted by Crippen LogP contribution is -2.36. The van der Waals surface area contributed by atoms with Gasteiger partial charge in [-0.3, -0.25) is 4.31 Å². The molecule has 1 aliphatic rings. The SMILES string of the molecule is COc1cccc2c1N(S(=O)(=O)c1ccc(C)c(C(=O)O)c1)CCC2. The van der Waals surface area contributed by atoms with Gasteiger partial charge in [-0.15, -0.1) is 0 Å². The molecule has 0 aliphatic carbocycles. The van der Waals surface area contributed by atoms with Crippen molar-refractivity contribution in [3.05, 3.63) is 53.1 Å². The molecular formula is C18H19NO5S. The third-order valence-electron chi connectivity index (χ3n) is 4.39. The number of carbonyl (C=O) groups is 1. The number of carboxylic acid groups (broad SMARTS) is 1. The van der Waals surface area contributed by atoms with E-state index in [1.54, 1.807) is 13.0 Å². The highest BCUT2D eigenvalue weighted by Gasteiger charge is 2.32. The first-order chi connectivity index (χ1) is 11.9. The number of fused-ring (bicyclic) bond motifs is 1. The molecule has 0 atom stereocenters. The molecule has 25 heavy (non-hydrogen) atoms. The van der Waals surface area contributed by atoms with E-state index in [4.69, 9.17) is 4.74 Å². The van der Waals surface area contributed by atoms with Crippen LogP contribution in [0.3, 0.4) is 0 Å². The van der Waals surface area contributed by atoms with Gasteiger partial charge in [0.2, 0.25) is 0 Å². The number of nitrogens with zero attached hydrogens (tertiary/aromatic N) is 1. The average molecular weight is 361 g/mol. The maximum Gasteiger partial charge on any atom is 0.335 e. The van der Waals surface area contributed by atoms with Gasteiger partial charge in [0.05, 0.1) is 23.3 Å². The van der Waals surface area contributed by atoms with Gasteiger partial charge in [0.25, 0.3) is 10.0 Å². The van der Waals surface area contributed by atoms with E-state index < -0.39 is 16.0 Å². The maximum absolute atomic E-state index is 13.2. The van der Waals surface area contributed by atoms with Crippen LogP contribution in [0.25, 0.3) is 0 Å². The van der Waals surface area contributed by atoms with Gasteiger partial charge in [-0.05, 0) is 49.1 Å². The molecule has 0 unspecified atom stereocenters. The van der Waals surface area contributed by atoms with Crippen molar-refractivity contribution in [2.75, 3.05) is 18.0 Å². The Bertz CT molecular complexity index is 922. The molecule has 2 aromatic carbocycles. The summed E-state index contributed by atoms with van der Waals surface area (Å²) in [6, 6.07) is 9.63. The van der Waals surface area contributed by atoms with Crippen LogP contribution < -0.4 is 9.04 Å². The predicted octanol–water partition coefficient (Wildman–Crippen LogP) is 2.84. The predicted molar refractivity (Wildman–Crippen MR) is 94.0 cm³/mol. The van der Waals surface area contributed by atoms with E-state index >= 15 is 0 Å². The lowest BCUT2D eigenvalue weighted by atomic mass is 10.0. The highest BCUT2D eigenvalue weighted by atomic mass is 32.2. The van der Waals surface area contributed by atoms with Gasteiger partial charge < -0.3 is 9.84 Å². The molecule has 0 saturated heterocycles. The van der Waals surface area contributed by atoms with Crippen molar-refractivity contribution in [3.8, 4) is 5.75 Å². The molecule has 0 amide bonds. The minimum absolute atomic E-state index is 0.0154. The second kappa shape index (κ2) is 6.40. The van der Waals surface area contributed by atoms with Gasteiger partial charge in [0.1, 0.15) is 5.75 Å². The zero-order valence-corrected chi connectivity index (χ0v) is 14.8. The number of ether oxygens (including phenoxy) is 1. The molecule has 3 rings (SSSR count). The van der Waals surface area contributed by atoms with Crippen molar-refractivity contribution >= 4 is 21.7 Å². The summed E-state index contributed by atoms with van der Waals surface area (Å²) in [5.41, 5.74) is 1.94. The molecule has 6 nitrogen and oxygen atoms in total. The summed E-state index contributed by atoms with van der Waals surface area (Å²) in [7, 11) is -2.39. The van der Waals surface area contributed by atoms with Crippen molar-refractivity contribution < 1.29 is 23.1 Å². The minimum Gasteiger partial charge on any atom is -0.495 e. The molecule has 0 fully saturated rings. The van der Waals surface area contributed by atoms with Gasteiger partial charge >= 0.3 is 5.97 Å². The van der Waals surface area contributed by atoms with Crippen molar-refractivity contribution in [1.82, 2.24) is 0 Å². The number of anilines is 1. The number of rotatable bonds is 4. The van der Waals surface area contributed by atoms with E-state index in [2.05, 4.69) is 0 Å². The van der Waals surface area contributed by atoms with Gasteiger partial charge in [0.15, 0.2) is 0 Å². The quantitative estimate of drug-likeness (QED) is 0.905. The number of para-hydroxylation sites is 1. The minimum atomic E-state index is -3.89. The first kappa shape index (κ1) is 17.3.